The SMILES string of the molecule is Cc1nc2c3c(ccc2[nH]1)-c1ccc(-c2ccc4c(c2)c2ccccc2c2nc(C(C)C)[nH]c42)cc1CC3. The number of imidazole rings is 2. The van der Waals surface area contributed by atoms with Crippen molar-refractivity contribution < 1.29 is 0 Å². The normalized spacial score (nSPS) is 13.2. The Morgan fingerprint density at radius 2 is 1.47 bits per heavy atom. The van der Waals surface area contributed by atoms with Crippen molar-refractivity contribution in [1.82, 2.24) is 19.9 Å². The van der Waals surface area contributed by atoms with Crippen molar-refractivity contribution in [2.45, 2.75) is 39.5 Å². The molecule has 2 heterocycles. The fraction of sp³-hybridized carbons (Fsp3) is 0.176. The Hall–Kier alpha value is -4.44. The van der Waals surface area contributed by atoms with Gasteiger partial charge in [0.15, 0.2) is 0 Å². The van der Waals surface area contributed by atoms with E-state index in [0.717, 1.165) is 46.6 Å². The second-order valence-corrected chi connectivity index (χ2v) is 11.0. The predicted molar refractivity (Wildman–Crippen MR) is 158 cm³/mol. The van der Waals surface area contributed by atoms with E-state index in [1.54, 1.807) is 0 Å². The molecular formula is C34H28N4. The molecule has 5 aromatic carbocycles. The summed E-state index contributed by atoms with van der Waals surface area (Å²) in [6.45, 7) is 6.41. The van der Waals surface area contributed by atoms with Crippen molar-refractivity contribution in [3.63, 3.8) is 0 Å². The lowest BCUT2D eigenvalue weighted by atomic mass is 9.83. The summed E-state index contributed by atoms with van der Waals surface area (Å²) in [6.07, 6.45) is 2.05. The molecule has 7 aromatic rings. The average Bonchev–Trinajstić information content (AvgIpc) is 3.56. The van der Waals surface area contributed by atoms with Crippen molar-refractivity contribution in [3.8, 4) is 22.3 Å². The number of aryl methyl sites for hydroxylation is 3. The molecule has 0 unspecified atom stereocenters. The largest absolute Gasteiger partial charge is 0.342 e. The molecule has 0 bridgehead atoms. The number of hydrogen-bond acceptors (Lipinski definition) is 2. The highest BCUT2D eigenvalue weighted by molar-refractivity contribution is 6.23. The van der Waals surface area contributed by atoms with Crippen molar-refractivity contribution >= 4 is 43.6 Å². The molecule has 184 valence electrons. The van der Waals surface area contributed by atoms with Gasteiger partial charge < -0.3 is 9.97 Å². The van der Waals surface area contributed by atoms with Crippen LogP contribution in [0.2, 0.25) is 0 Å². The van der Waals surface area contributed by atoms with Crippen molar-refractivity contribution in [2.24, 2.45) is 0 Å². The van der Waals surface area contributed by atoms with E-state index in [1.165, 1.54) is 54.9 Å². The quantitative estimate of drug-likeness (QED) is 0.237. The Labute approximate surface area is 220 Å². The van der Waals surface area contributed by atoms with Crippen LogP contribution < -0.4 is 0 Å². The van der Waals surface area contributed by atoms with Gasteiger partial charge in [-0.05, 0) is 76.1 Å². The number of nitrogens with one attached hydrogen (secondary N) is 2. The maximum Gasteiger partial charge on any atom is 0.109 e. The van der Waals surface area contributed by atoms with Crippen LogP contribution in [-0.2, 0) is 12.8 Å². The van der Waals surface area contributed by atoms with Crippen LogP contribution in [0.3, 0.4) is 0 Å². The summed E-state index contributed by atoms with van der Waals surface area (Å²) >= 11 is 0. The zero-order valence-electron chi connectivity index (χ0n) is 21.8. The van der Waals surface area contributed by atoms with Gasteiger partial charge in [-0.15, -0.1) is 0 Å². The molecule has 4 nitrogen and oxygen atoms in total. The first-order valence-corrected chi connectivity index (χ1v) is 13.5. The molecule has 0 amide bonds. The molecule has 2 aromatic heterocycles. The number of rotatable bonds is 2. The van der Waals surface area contributed by atoms with Gasteiger partial charge in [0.1, 0.15) is 11.6 Å². The van der Waals surface area contributed by atoms with Gasteiger partial charge >= 0.3 is 0 Å². The molecule has 38 heavy (non-hydrogen) atoms. The van der Waals surface area contributed by atoms with Gasteiger partial charge in [0.2, 0.25) is 0 Å². The third-order valence-corrected chi connectivity index (χ3v) is 8.28. The van der Waals surface area contributed by atoms with E-state index in [9.17, 15) is 0 Å². The van der Waals surface area contributed by atoms with E-state index in [4.69, 9.17) is 9.97 Å². The number of aromatic nitrogens is 4. The summed E-state index contributed by atoms with van der Waals surface area (Å²) in [5.74, 6) is 2.37. The lowest BCUT2D eigenvalue weighted by Gasteiger charge is -2.21. The van der Waals surface area contributed by atoms with E-state index in [-0.39, 0.29) is 0 Å². The number of H-pyrrole nitrogens is 2. The van der Waals surface area contributed by atoms with E-state index in [0.29, 0.717) is 5.92 Å². The Kier molecular flexibility index (Phi) is 4.43. The lowest BCUT2D eigenvalue weighted by molar-refractivity contribution is 0.799. The van der Waals surface area contributed by atoms with Crippen LogP contribution in [0.4, 0.5) is 0 Å². The molecule has 0 saturated carbocycles. The Morgan fingerprint density at radius 3 is 2.34 bits per heavy atom. The maximum absolute atomic E-state index is 5.00. The van der Waals surface area contributed by atoms with Crippen molar-refractivity contribution in [1.29, 1.82) is 0 Å². The van der Waals surface area contributed by atoms with Gasteiger partial charge in [-0.2, -0.15) is 0 Å². The molecule has 1 aliphatic rings. The number of nitrogens with zero attached hydrogens (tertiary/aromatic N) is 2. The topological polar surface area (TPSA) is 57.4 Å². The van der Waals surface area contributed by atoms with Gasteiger partial charge in [0.25, 0.3) is 0 Å². The summed E-state index contributed by atoms with van der Waals surface area (Å²) in [6, 6.07) is 27.0. The lowest BCUT2D eigenvalue weighted by Crippen LogP contribution is -2.05. The molecule has 2 N–H and O–H groups in total. The van der Waals surface area contributed by atoms with E-state index in [2.05, 4.69) is 96.6 Å². The fourth-order valence-electron chi connectivity index (χ4n) is 6.41. The average molecular weight is 493 g/mol. The molecule has 0 saturated heterocycles. The first-order valence-electron chi connectivity index (χ1n) is 13.5. The number of hydrogen-bond donors (Lipinski definition) is 2. The second-order valence-electron chi connectivity index (χ2n) is 11.0. The summed E-state index contributed by atoms with van der Waals surface area (Å²) < 4.78 is 0. The first-order chi connectivity index (χ1) is 18.5. The van der Waals surface area contributed by atoms with Crippen LogP contribution in [0.15, 0.2) is 72.8 Å². The molecule has 0 spiro atoms. The van der Waals surface area contributed by atoms with Gasteiger partial charge in [-0.3, -0.25) is 0 Å². The first kappa shape index (κ1) is 21.6. The summed E-state index contributed by atoms with van der Waals surface area (Å²) in [5, 5.41) is 4.96. The minimum Gasteiger partial charge on any atom is -0.342 e. The highest BCUT2D eigenvalue weighted by Gasteiger charge is 2.21. The Morgan fingerprint density at radius 1 is 0.684 bits per heavy atom. The zero-order valence-corrected chi connectivity index (χ0v) is 21.8. The van der Waals surface area contributed by atoms with Crippen molar-refractivity contribution in [2.75, 3.05) is 0 Å². The molecule has 8 rings (SSSR count). The number of benzene rings is 5. The highest BCUT2D eigenvalue weighted by Crippen LogP contribution is 2.40. The molecule has 1 aliphatic carbocycles. The predicted octanol–water partition coefficient (Wildman–Crippen LogP) is 8.61. The number of aromatic amines is 2. The smallest absolute Gasteiger partial charge is 0.109 e. The standard InChI is InChI=1S/C34H28N4/c1-18(2)34-37-32-26-7-5-4-6-24(26)29-17-21(9-12-28(29)33(32)38-34)20-8-11-23-22(16-20)10-13-27-25(23)14-15-30-31(27)36-19(3)35-30/h4-9,11-12,14-18H,10,13H2,1-3H3,(H,35,36)(H,37,38). The van der Waals surface area contributed by atoms with Gasteiger partial charge in [0, 0.05) is 16.7 Å². The zero-order chi connectivity index (χ0) is 25.5. The second kappa shape index (κ2) is 7.78. The molecule has 0 radical (unpaired) electrons. The van der Waals surface area contributed by atoms with Crippen LogP contribution in [0.5, 0.6) is 0 Å². The summed E-state index contributed by atoms with van der Waals surface area (Å²) in [4.78, 5) is 16.8. The van der Waals surface area contributed by atoms with Crippen LogP contribution in [0.25, 0.3) is 65.9 Å². The third-order valence-electron chi connectivity index (χ3n) is 8.28. The molecule has 0 aliphatic heterocycles. The van der Waals surface area contributed by atoms with Crippen molar-refractivity contribution in [3.05, 3.63) is 95.6 Å². The molecule has 0 fully saturated rings. The fourth-order valence-corrected chi connectivity index (χ4v) is 6.41. The van der Waals surface area contributed by atoms with E-state index < -0.39 is 0 Å². The Balaban J connectivity index is 1.30. The summed E-state index contributed by atoms with van der Waals surface area (Å²) in [5.41, 5.74) is 12.4. The number of fused-ring (bicyclic) bond motifs is 11. The van der Waals surface area contributed by atoms with Crippen LogP contribution >= 0.6 is 0 Å². The highest BCUT2D eigenvalue weighted by atomic mass is 14.9. The van der Waals surface area contributed by atoms with Crippen LogP contribution in [0, 0.1) is 6.92 Å². The maximum atomic E-state index is 5.00. The minimum absolute atomic E-state index is 0.351. The van der Waals surface area contributed by atoms with Gasteiger partial charge in [0.05, 0.1) is 22.1 Å². The van der Waals surface area contributed by atoms with Gasteiger partial charge in [-0.25, -0.2) is 9.97 Å². The summed E-state index contributed by atoms with van der Waals surface area (Å²) in [7, 11) is 0. The van der Waals surface area contributed by atoms with E-state index in [1.807, 2.05) is 6.92 Å². The monoisotopic (exact) mass is 492 g/mol. The third kappa shape index (κ3) is 3.03. The van der Waals surface area contributed by atoms with E-state index >= 15 is 0 Å². The van der Waals surface area contributed by atoms with Crippen LogP contribution in [0.1, 0.15) is 42.5 Å². The van der Waals surface area contributed by atoms with Gasteiger partial charge in [-0.1, -0.05) is 74.5 Å². The molecule has 4 heteroatoms. The minimum atomic E-state index is 0.351. The molecular weight excluding hydrogens is 464 g/mol. The Bertz CT molecular complexity index is 2070. The van der Waals surface area contributed by atoms with Crippen LogP contribution in [-0.4, -0.2) is 19.9 Å². The molecule has 0 atom stereocenters.